The number of hydrogen-bond donors (Lipinski definition) is 0. The van der Waals surface area contributed by atoms with Crippen LogP contribution >= 0.6 is 0 Å². The van der Waals surface area contributed by atoms with Gasteiger partial charge in [-0.05, 0) is 30.5 Å². The molecule has 0 amide bonds. The van der Waals surface area contributed by atoms with E-state index in [2.05, 4.69) is 0 Å². The van der Waals surface area contributed by atoms with Crippen molar-refractivity contribution >= 4 is 26.7 Å². The van der Waals surface area contributed by atoms with Crippen molar-refractivity contribution in [2.45, 2.75) is 39.7 Å². The fourth-order valence-corrected chi connectivity index (χ4v) is 4.43. The van der Waals surface area contributed by atoms with Crippen molar-refractivity contribution in [3.05, 3.63) is 35.6 Å². The lowest BCUT2D eigenvalue weighted by atomic mass is 10.1. The van der Waals surface area contributed by atoms with Gasteiger partial charge in [-0.15, -0.1) is 0 Å². The highest BCUT2D eigenvalue weighted by molar-refractivity contribution is 6.65. The summed E-state index contributed by atoms with van der Waals surface area (Å²) in [6, 6.07) is 6.11. The van der Waals surface area contributed by atoms with Gasteiger partial charge in [-0.2, -0.15) is 0 Å². The Morgan fingerprint density at radius 3 is 1.96 bits per heavy atom. The predicted octanol–water partition coefficient (Wildman–Crippen LogP) is 2.39. The standard InChI is InChI=1S/C15H19FO6Si/c1-11(17)20-23(21-12(2)18,22-13(3)19)9-5-7-14-6-4-8-15(16)10-14/h4,6,8,10H,5,7,9H2,1-3H3. The summed E-state index contributed by atoms with van der Waals surface area (Å²) >= 11 is 0. The van der Waals surface area contributed by atoms with E-state index in [0.717, 1.165) is 26.3 Å². The molecule has 6 nitrogen and oxygen atoms in total. The molecule has 1 aromatic carbocycles. The van der Waals surface area contributed by atoms with Crippen molar-refractivity contribution in [2.24, 2.45) is 0 Å². The van der Waals surface area contributed by atoms with E-state index < -0.39 is 26.7 Å². The third kappa shape index (κ3) is 7.05. The molecular formula is C15H19FO6Si. The van der Waals surface area contributed by atoms with Gasteiger partial charge in [-0.3, -0.25) is 14.4 Å². The molecule has 0 saturated carbocycles. The van der Waals surface area contributed by atoms with E-state index in [-0.39, 0.29) is 11.9 Å². The van der Waals surface area contributed by atoms with Crippen molar-refractivity contribution in [1.82, 2.24) is 0 Å². The average molecular weight is 342 g/mol. The normalized spacial score (nSPS) is 10.8. The summed E-state index contributed by atoms with van der Waals surface area (Å²) in [6.07, 6.45) is 0.847. The first kappa shape index (κ1) is 18.8. The number of benzene rings is 1. The van der Waals surface area contributed by atoms with Crippen LogP contribution in [0.4, 0.5) is 4.39 Å². The number of carbonyl (C=O) groups excluding carboxylic acids is 3. The molecule has 0 fully saturated rings. The molecule has 0 N–H and O–H groups in total. The summed E-state index contributed by atoms with van der Waals surface area (Å²) in [7, 11) is -3.79. The smallest absolute Gasteiger partial charge is 0.455 e. The van der Waals surface area contributed by atoms with E-state index in [1.54, 1.807) is 12.1 Å². The van der Waals surface area contributed by atoms with Crippen LogP contribution in [0.25, 0.3) is 0 Å². The van der Waals surface area contributed by atoms with Gasteiger partial charge in [0, 0.05) is 20.8 Å². The fourth-order valence-electron chi connectivity index (χ4n) is 2.07. The van der Waals surface area contributed by atoms with Crippen molar-refractivity contribution in [3.63, 3.8) is 0 Å². The van der Waals surface area contributed by atoms with Gasteiger partial charge in [0.1, 0.15) is 5.82 Å². The van der Waals surface area contributed by atoms with Gasteiger partial charge < -0.3 is 13.3 Å². The summed E-state index contributed by atoms with van der Waals surface area (Å²) in [5, 5.41) is 0. The molecule has 0 saturated heterocycles. The maximum Gasteiger partial charge on any atom is 0.705 e. The lowest BCUT2D eigenvalue weighted by Gasteiger charge is -2.26. The second kappa shape index (κ2) is 8.42. The zero-order chi connectivity index (χ0) is 17.5. The van der Waals surface area contributed by atoms with Gasteiger partial charge in [0.15, 0.2) is 0 Å². The van der Waals surface area contributed by atoms with Crippen molar-refractivity contribution < 1.29 is 32.1 Å². The van der Waals surface area contributed by atoms with Crippen LogP contribution in [-0.2, 0) is 34.1 Å². The predicted molar refractivity (Wildman–Crippen MR) is 80.6 cm³/mol. The molecule has 0 aliphatic heterocycles. The van der Waals surface area contributed by atoms with Crippen LogP contribution in [0.5, 0.6) is 0 Å². The Labute approximate surface area is 134 Å². The Morgan fingerprint density at radius 2 is 1.52 bits per heavy atom. The number of hydrogen-bond acceptors (Lipinski definition) is 6. The highest BCUT2D eigenvalue weighted by atomic mass is 28.4. The van der Waals surface area contributed by atoms with Crippen LogP contribution in [-0.4, -0.2) is 26.7 Å². The van der Waals surface area contributed by atoms with Crippen molar-refractivity contribution in [3.8, 4) is 0 Å². The Kier molecular flexibility index (Phi) is 6.89. The molecule has 0 spiro atoms. The summed E-state index contributed by atoms with van der Waals surface area (Å²) < 4.78 is 28.3. The van der Waals surface area contributed by atoms with Crippen LogP contribution in [0.3, 0.4) is 0 Å². The lowest BCUT2D eigenvalue weighted by molar-refractivity contribution is -0.147. The molecule has 0 unspecified atom stereocenters. The highest BCUT2D eigenvalue weighted by Crippen LogP contribution is 2.21. The van der Waals surface area contributed by atoms with Crippen molar-refractivity contribution in [2.75, 3.05) is 0 Å². The molecular weight excluding hydrogens is 323 g/mol. The van der Waals surface area contributed by atoms with E-state index >= 15 is 0 Å². The number of aryl methyl sites for hydroxylation is 1. The highest BCUT2D eigenvalue weighted by Gasteiger charge is 2.51. The molecule has 1 aromatic rings. The largest absolute Gasteiger partial charge is 0.705 e. The minimum absolute atomic E-state index is 0.0717. The van der Waals surface area contributed by atoms with Crippen LogP contribution < -0.4 is 0 Å². The lowest BCUT2D eigenvalue weighted by Crippen LogP contribution is -2.49. The molecule has 0 aliphatic carbocycles. The van der Waals surface area contributed by atoms with Crippen LogP contribution in [0.1, 0.15) is 32.8 Å². The molecule has 0 radical (unpaired) electrons. The van der Waals surface area contributed by atoms with E-state index in [4.69, 9.17) is 13.3 Å². The third-order valence-electron chi connectivity index (χ3n) is 2.74. The third-order valence-corrected chi connectivity index (χ3v) is 5.50. The second-order valence-corrected chi connectivity index (χ2v) is 7.43. The minimum Gasteiger partial charge on any atom is -0.455 e. The van der Waals surface area contributed by atoms with Gasteiger partial charge in [-0.25, -0.2) is 4.39 Å². The molecule has 1 rings (SSSR count). The van der Waals surface area contributed by atoms with E-state index in [0.29, 0.717) is 12.8 Å². The van der Waals surface area contributed by atoms with Crippen molar-refractivity contribution in [1.29, 1.82) is 0 Å². The molecule has 0 aliphatic rings. The first-order chi connectivity index (χ1) is 10.7. The molecule has 0 bridgehead atoms. The monoisotopic (exact) mass is 342 g/mol. The maximum absolute atomic E-state index is 13.1. The van der Waals surface area contributed by atoms with Gasteiger partial charge in [-0.1, -0.05) is 12.1 Å². The topological polar surface area (TPSA) is 78.9 Å². The second-order valence-electron chi connectivity index (χ2n) is 4.95. The maximum atomic E-state index is 13.1. The fraction of sp³-hybridized carbons (Fsp3) is 0.400. The average Bonchev–Trinajstić information content (AvgIpc) is 2.35. The van der Waals surface area contributed by atoms with Gasteiger partial charge in [0.25, 0.3) is 17.9 Å². The summed E-state index contributed by atoms with van der Waals surface area (Å²) in [6.45, 7) is 3.42. The molecule has 0 heterocycles. The van der Waals surface area contributed by atoms with E-state index in [1.807, 2.05) is 0 Å². The van der Waals surface area contributed by atoms with Gasteiger partial charge >= 0.3 is 8.80 Å². The summed E-state index contributed by atoms with van der Waals surface area (Å²) in [4.78, 5) is 33.8. The van der Waals surface area contributed by atoms with Crippen LogP contribution in [0.15, 0.2) is 24.3 Å². The minimum atomic E-state index is -3.79. The first-order valence-corrected chi connectivity index (χ1v) is 8.99. The quantitative estimate of drug-likeness (QED) is 0.708. The number of rotatable bonds is 7. The number of carbonyl (C=O) groups is 3. The molecule has 0 atom stereocenters. The Hall–Kier alpha value is -2.22. The summed E-state index contributed by atoms with van der Waals surface area (Å²) in [5.74, 6) is -2.47. The first-order valence-electron chi connectivity index (χ1n) is 7.05. The Morgan fingerprint density at radius 1 is 1.00 bits per heavy atom. The molecule has 23 heavy (non-hydrogen) atoms. The summed E-state index contributed by atoms with van der Waals surface area (Å²) in [5.41, 5.74) is 0.737. The zero-order valence-corrected chi connectivity index (χ0v) is 14.3. The van der Waals surface area contributed by atoms with Gasteiger partial charge in [0.05, 0.1) is 6.04 Å². The van der Waals surface area contributed by atoms with Crippen LogP contribution in [0.2, 0.25) is 6.04 Å². The van der Waals surface area contributed by atoms with Gasteiger partial charge in [0.2, 0.25) is 0 Å². The Balaban J connectivity index is 2.82. The SMILES string of the molecule is CC(=O)O[Si](CCCc1cccc(F)c1)(OC(C)=O)OC(C)=O. The molecule has 0 aromatic heterocycles. The molecule has 8 heteroatoms. The number of halogens is 1. The van der Waals surface area contributed by atoms with E-state index in [1.165, 1.54) is 12.1 Å². The molecule has 126 valence electrons. The Bertz CT molecular complexity index is 548. The van der Waals surface area contributed by atoms with Crippen LogP contribution in [0, 0.1) is 5.82 Å². The van der Waals surface area contributed by atoms with E-state index in [9.17, 15) is 18.8 Å². The zero-order valence-electron chi connectivity index (χ0n) is 13.3.